The van der Waals surface area contributed by atoms with Crippen molar-refractivity contribution in [2.45, 2.75) is 70.1 Å². The van der Waals surface area contributed by atoms with Crippen LogP contribution in [0.3, 0.4) is 0 Å². The highest BCUT2D eigenvalue weighted by atomic mass is 32.2. The number of benzene rings is 2. The summed E-state index contributed by atoms with van der Waals surface area (Å²) in [6, 6.07) is 3.43. The Morgan fingerprint density at radius 1 is 0.941 bits per heavy atom. The molecule has 0 bridgehead atoms. The Hall–Kier alpha value is -2.19. The summed E-state index contributed by atoms with van der Waals surface area (Å²) >= 11 is 0. The van der Waals surface area contributed by atoms with E-state index in [1.54, 1.807) is 0 Å². The van der Waals surface area contributed by atoms with Gasteiger partial charge in [-0.25, -0.2) is 13.2 Å². The fourth-order valence-corrected chi connectivity index (χ4v) is 10.2. The first-order valence-corrected chi connectivity index (χ1v) is 14.2. The molecule has 0 aliphatic carbocycles. The molecule has 0 amide bonds. The van der Waals surface area contributed by atoms with Crippen LogP contribution in [0.1, 0.15) is 59.1 Å². The van der Waals surface area contributed by atoms with E-state index in [9.17, 15) is 34.8 Å². The second-order valence-corrected chi connectivity index (χ2v) is 16.1. The Kier molecular flexibility index (Phi) is 8.10. The van der Waals surface area contributed by atoms with Crippen molar-refractivity contribution in [3.05, 3.63) is 41.2 Å². The fourth-order valence-electron chi connectivity index (χ4n) is 4.51. The molecule has 0 saturated heterocycles. The fraction of sp³-hybridized carbons (Fsp3) is 0.478. The van der Waals surface area contributed by atoms with Gasteiger partial charge in [0.15, 0.2) is 5.75 Å². The van der Waals surface area contributed by atoms with Gasteiger partial charge in [-0.15, -0.1) is 5.54 Å². The average Bonchev–Trinajstić information content (AvgIpc) is 2.67. The van der Waals surface area contributed by atoms with Gasteiger partial charge in [0.1, 0.15) is 13.9 Å². The van der Waals surface area contributed by atoms with Crippen molar-refractivity contribution in [2.75, 3.05) is 0 Å². The topological polar surface area (TPSA) is 43.4 Å². The first-order chi connectivity index (χ1) is 15.5. The zero-order valence-corrected chi connectivity index (χ0v) is 21.3. The molecule has 0 fully saturated rings. The summed E-state index contributed by atoms with van der Waals surface area (Å²) in [4.78, 5) is 0. The number of halogens is 6. The largest absolute Gasteiger partial charge is 0.534 e. The van der Waals surface area contributed by atoms with Crippen molar-refractivity contribution in [3.63, 3.8) is 0 Å². The van der Waals surface area contributed by atoms with E-state index in [-0.39, 0.29) is 22.0 Å². The van der Waals surface area contributed by atoms with Crippen molar-refractivity contribution < 1.29 is 38.9 Å². The molecule has 0 aliphatic heterocycles. The normalized spacial score (nSPS) is 13.2. The number of rotatable bonds is 6. The Morgan fingerprint density at radius 2 is 1.47 bits per heavy atom. The third-order valence-electron chi connectivity index (χ3n) is 6.06. The lowest BCUT2D eigenvalue weighted by Crippen LogP contribution is -2.43. The summed E-state index contributed by atoms with van der Waals surface area (Å²) in [5, 5.41) is -0.536. The maximum absolute atomic E-state index is 14.9. The maximum atomic E-state index is 14.9. The van der Waals surface area contributed by atoms with Crippen LogP contribution in [0.25, 0.3) is 10.8 Å². The van der Waals surface area contributed by atoms with Gasteiger partial charge in [-0.3, -0.25) is 0 Å². The van der Waals surface area contributed by atoms with Crippen LogP contribution in [0.15, 0.2) is 24.3 Å². The third kappa shape index (κ3) is 5.22. The van der Waals surface area contributed by atoms with Crippen molar-refractivity contribution in [3.8, 4) is 17.2 Å². The smallest absolute Gasteiger partial charge is 0.375 e. The van der Waals surface area contributed by atoms with Gasteiger partial charge in [-0.2, -0.15) is 21.6 Å². The van der Waals surface area contributed by atoms with Gasteiger partial charge < -0.3 is 4.18 Å². The van der Waals surface area contributed by atoms with Gasteiger partial charge in [0.05, 0.1) is 5.56 Å². The molecule has 0 aromatic heterocycles. The zero-order chi connectivity index (χ0) is 26.2. The van der Waals surface area contributed by atoms with Crippen LogP contribution in [0, 0.1) is 17.3 Å². The lowest BCUT2D eigenvalue weighted by Gasteiger charge is -2.38. The van der Waals surface area contributed by atoms with Crippen LogP contribution >= 0.6 is 0 Å². The summed E-state index contributed by atoms with van der Waals surface area (Å²) in [5.74, 6) is 0.760. The van der Waals surface area contributed by atoms with E-state index in [0.717, 1.165) is 18.2 Å². The second-order valence-electron chi connectivity index (χ2n) is 8.97. The van der Waals surface area contributed by atoms with Gasteiger partial charge in [0.25, 0.3) is 6.43 Å². The van der Waals surface area contributed by atoms with Crippen molar-refractivity contribution in [1.82, 2.24) is 0 Å². The third-order valence-corrected chi connectivity index (χ3v) is 13.3. The van der Waals surface area contributed by atoms with Crippen LogP contribution in [0.2, 0.25) is 16.6 Å². The molecule has 0 N–H and O–H groups in total. The molecular weight excluding hydrogens is 498 g/mol. The lowest BCUT2D eigenvalue weighted by molar-refractivity contribution is -0.0499. The van der Waals surface area contributed by atoms with Gasteiger partial charge in [0.2, 0.25) is 0 Å². The Bertz CT molecular complexity index is 1200. The van der Waals surface area contributed by atoms with E-state index in [1.165, 1.54) is 0 Å². The summed E-state index contributed by atoms with van der Waals surface area (Å²) in [6.45, 7) is 12.0. The van der Waals surface area contributed by atoms with E-state index in [4.69, 9.17) is 0 Å². The van der Waals surface area contributed by atoms with E-state index >= 15 is 0 Å². The van der Waals surface area contributed by atoms with Crippen LogP contribution in [0.5, 0.6) is 5.75 Å². The monoisotopic (exact) mass is 524 g/mol. The van der Waals surface area contributed by atoms with E-state index < -0.39 is 58.2 Å². The maximum Gasteiger partial charge on any atom is 0.534 e. The molecule has 188 valence electrons. The molecule has 34 heavy (non-hydrogen) atoms. The number of hydrogen-bond acceptors (Lipinski definition) is 3. The Morgan fingerprint density at radius 3 is 1.91 bits per heavy atom. The second kappa shape index (κ2) is 9.82. The minimum Gasteiger partial charge on any atom is -0.375 e. The van der Waals surface area contributed by atoms with Crippen LogP contribution < -0.4 is 4.18 Å². The molecule has 2 aromatic rings. The van der Waals surface area contributed by atoms with Crippen molar-refractivity contribution in [1.29, 1.82) is 0 Å². The van der Waals surface area contributed by atoms with E-state index in [1.807, 2.05) is 41.5 Å². The molecule has 0 radical (unpaired) electrons. The van der Waals surface area contributed by atoms with Gasteiger partial charge >= 0.3 is 15.6 Å². The molecule has 0 unspecified atom stereocenters. The molecule has 2 rings (SSSR count). The van der Waals surface area contributed by atoms with Crippen LogP contribution in [0.4, 0.5) is 26.3 Å². The highest BCUT2D eigenvalue weighted by molar-refractivity contribution is 7.88. The van der Waals surface area contributed by atoms with E-state index in [2.05, 4.69) is 15.6 Å². The molecule has 2 aromatic carbocycles. The molecule has 0 atom stereocenters. The Labute approximate surface area is 196 Å². The predicted molar refractivity (Wildman–Crippen MR) is 122 cm³/mol. The zero-order valence-electron chi connectivity index (χ0n) is 19.5. The minimum absolute atomic E-state index is 0.123. The number of fused-ring (bicyclic) bond motifs is 1. The minimum atomic E-state index is -6.20. The predicted octanol–water partition coefficient (Wildman–Crippen LogP) is 7.71. The first kappa shape index (κ1) is 28.0. The summed E-state index contributed by atoms with van der Waals surface area (Å²) in [5.41, 5.74) is -3.34. The molecule has 0 saturated carbocycles. The number of alkyl halides is 5. The van der Waals surface area contributed by atoms with Crippen LogP contribution in [-0.2, 0) is 10.1 Å². The van der Waals surface area contributed by atoms with Gasteiger partial charge in [-0.1, -0.05) is 53.5 Å². The lowest BCUT2D eigenvalue weighted by atomic mass is 10.0. The van der Waals surface area contributed by atoms with Crippen molar-refractivity contribution >= 4 is 29.0 Å². The standard InChI is InChI=1S/C23H26F6O3SSi/c1-13(2)34(14(3)4,15(5)6)10-9-18-19(24)8-7-16-11-17(22(25)26)12-20(21(16)18)32-33(30,31)23(27,28)29/h7-8,11-15,22H,1-6H3. The molecular formula is C23H26F6O3SSi. The van der Waals surface area contributed by atoms with Gasteiger partial charge in [-0.05, 0) is 40.2 Å². The number of hydrogen-bond donors (Lipinski definition) is 0. The first-order valence-electron chi connectivity index (χ1n) is 10.5. The SMILES string of the molecule is CC(C)[Si](C#Cc1c(F)ccc2cc(C(F)F)cc(OS(=O)(=O)C(F)(F)F)c12)(C(C)C)C(C)C. The molecule has 0 aliphatic rings. The highest BCUT2D eigenvalue weighted by Gasteiger charge is 2.49. The Balaban J connectivity index is 2.95. The molecule has 3 nitrogen and oxygen atoms in total. The summed E-state index contributed by atoms with van der Waals surface area (Å²) < 4.78 is 108. The molecule has 0 spiro atoms. The molecule has 0 heterocycles. The summed E-state index contributed by atoms with van der Waals surface area (Å²) in [6.07, 6.45) is -3.14. The average molecular weight is 525 g/mol. The van der Waals surface area contributed by atoms with Gasteiger partial charge in [0, 0.05) is 10.9 Å². The summed E-state index contributed by atoms with van der Waals surface area (Å²) in [7, 11) is -8.64. The highest BCUT2D eigenvalue weighted by Crippen LogP contribution is 2.42. The quantitative estimate of drug-likeness (QED) is 0.128. The van der Waals surface area contributed by atoms with Crippen molar-refractivity contribution in [2.24, 2.45) is 0 Å². The molecule has 11 heteroatoms. The van der Waals surface area contributed by atoms with Crippen LogP contribution in [-0.4, -0.2) is 22.0 Å². The van der Waals surface area contributed by atoms with E-state index in [0.29, 0.717) is 6.07 Å².